The molecule has 0 unspecified atom stereocenters. The maximum Gasteiger partial charge on any atom is 0.277 e. The normalized spacial score (nSPS) is 10.7. The third kappa shape index (κ3) is 3.93. The second kappa shape index (κ2) is 8.21. The summed E-state index contributed by atoms with van der Waals surface area (Å²) in [6.07, 6.45) is 1.58. The van der Waals surface area contributed by atoms with Gasteiger partial charge in [-0.2, -0.15) is 0 Å². The van der Waals surface area contributed by atoms with E-state index < -0.39 is 0 Å². The number of H-pyrrole nitrogens is 1. The molecule has 2 aromatic carbocycles. The molecule has 1 N–H and O–H groups in total. The van der Waals surface area contributed by atoms with Crippen LogP contribution in [0, 0.1) is 6.92 Å². The first-order chi connectivity index (χ1) is 14.5. The molecule has 0 aliphatic carbocycles. The number of anilines is 1. The number of aryl methyl sites for hydroxylation is 1. The molecule has 0 bridgehead atoms. The van der Waals surface area contributed by atoms with Gasteiger partial charge in [0.05, 0.1) is 19.2 Å². The van der Waals surface area contributed by atoms with Crippen molar-refractivity contribution in [1.29, 1.82) is 0 Å². The first-order valence-corrected chi connectivity index (χ1v) is 9.54. The van der Waals surface area contributed by atoms with E-state index >= 15 is 0 Å². The number of nitrogens with zero attached hydrogens (tertiary/aromatic N) is 2. The number of nitrogens with one attached hydrogen (secondary N) is 1. The number of pyridine rings is 2. The monoisotopic (exact) mass is 399 g/mol. The molecule has 0 aliphatic heterocycles. The maximum atomic E-state index is 13.3. The van der Waals surface area contributed by atoms with E-state index in [0.717, 1.165) is 10.9 Å². The van der Waals surface area contributed by atoms with Gasteiger partial charge in [-0.05, 0) is 60.3 Å². The average Bonchev–Trinajstić information content (AvgIpc) is 2.77. The smallest absolute Gasteiger partial charge is 0.277 e. The lowest BCUT2D eigenvalue weighted by Gasteiger charge is -2.23. The molecule has 2 aromatic heterocycles. The van der Waals surface area contributed by atoms with Gasteiger partial charge in [-0.15, -0.1) is 0 Å². The van der Waals surface area contributed by atoms with Crippen LogP contribution >= 0.6 is 0 Å². The molecule has 1 amide bonds. The van der Waals surface area contributed by atoms with Crippen LogP contribution in [0.15, 0.2) is 77.7 Å². The summed E-state index contributed by atoms with van der Waals surface area (Å²) in [7, 11) is 1.58. The van der Waals surface area contributed by atoms with Crippen molar-refractivity contribution in [1.82, 2.24) is 9.97 Å². The molecule has 6 nitrogen and oxygen atoms in total. The van der Waals surface area contributed by atoms with E-state index in [1.807, 2.05) is 49.4 Å². The Morgan fingerprint density at radius 3 is 2.67 bits per heavy atom. The van der Waals surface area contributed by atoms with Crippen molar-refractivity contribution < 1.29 is 9.53 Å². The number of aromatic nitrogens is 2. The highest BCUT2D eigenvalue weighted by atomic mass is 16.5. The Bertz CT molecular complexity index is 1270. The molecular formula is C24H21N3O3. The number of ether oxygens (including phenoxy) is 1. The van der Waals surface area contributed by atoms with Gasteiger partial charge in [0.1, 0.15) is 11.4 Å². The number of aromatic amines is 1. The minimum atomic E-state index is -0.268. The van der Waals surface area contributed by atoms with Gasteiger partial charge >= 0.3 is 0 Å². The Labute approximate surface area is 173 Å². The lowest BCUT2D eigenvalue weighted by atomic mass is 10.1. The fraction of sp³-hybridized carbons (Fsp3) is 0.125. The number of amides is 1. The van der Waals surface area contributed by atoms with E-state index in [-0.39, 0.29) is 18.0 Å². The molecule has 4 rings (SSSR count). The molecule has 30 heavy (non-hydrogen) atoms. The first kappa shape index (κ1) is 19.4. The lowest BCUT2D eigenvalue weighted by molar-refractivity contribution is 0.0980. The van der Waals surface area contributed by atoms with Gasteiger partial charge in [0, 0.05) is 23.5 Å². The zero-order chi connectivity index (χ0) is 21.1. The molecule has 0 atom stereocenters. The molecule has 0 aliphatic rings. The van der Waals surface area contributed by atoms with E-state index in [1.54, 1.807) is 42.5 Å². The molecule has 0 saturated carbocycles. The quantitative estimate of drug-likeness (QED) is 0.549. The molecule has 6 heteroatoms. The number of carbonyl (C=O) groups excluding carboxylic acids is 1. The summed E-state index contributed by atoms with van der Waals surface area (Å²) in [5.74, 6) is 0.396. The van der Waals surface area contributed by atoms with E-state index in [9.17, 15) is 9.59 Å². The van der Waals surface area contributed by atoms with Crippen LogP contribution in [0.25, 0.3) is 10.9 Å². The summed E-state index contributed by atoms with van der Waals surface area (Å²) in [5.41, 5.74) is 2.97. The maximum absolute atomic E-state index is 13.3. The highest BCUT2D eigenvalue weighted by Crippen LogP contribution is 2.22. The fourth-order valence-electron chi connectivity index (χ4n) is 3.34. The molecule has 0 spiro atoms. The second-order valence-electron chi connectivity index (χ2n) is 7.02. The summed E-state index contributed by atoms with van der Waals surface area (Å²) in [6.45, 7) is 2.08. The fourth-order valence-corrected chi connectivity index (χ4v) is 3.34. The summed E-state index contributed by atoms with van der Waals surface area (Å²) in [4.78, 5) is 34.7. The number of hydrogen-bond donors (Lipinski definition) is 1. The van der Waals surface area contributed by atoms with Crippen molar-refractivity contribution >= 4 is 22.5 Å². The Kier molecular flexibility index (Phi) is 5.30. The third-order valence-corrected chi connectivity index (χ3v) is 4.90. The first-order valence-electron chi connectivity index (χ1n) is 9.54. The van der Waals surface area contributed by atoms with Crippen LogP contribution < -0.4 is 15.2 Å². The second-order valence-corrected chi connectivity index (χ2v) is 7.02. The standard InChI is InChI=1S/C24H21N3O3/c1-16-6-5-7-19(12-16)27(24(29)21-8-3-4-11-25-21)15-18-13-17-9-10-20(30-2)14-22(17)26-23(18)28/h3-14H,15H2,1-2H3,(H,26,28). The predicted molar refractivity (Wildman–Crippen MR) is 117 cm³/mol. The van der Waals surface area contributed by atoms with Crippen LogP contribution in [0.4, 0.5) is 5.69 Å². The van der Waals surface area contributed by atoms with Crippen molar-refractivity contribution in [3.8, 4) is 5.75 Å². The third-order valence-electron chi connectivity index (χ3n) is 4.90. The molecular weight excluding hydrogens is 378 g/mol. The minimum Gasteiger partial charge on any atom is -0.497 e. The van der Waals surface area contributed by atoms with Gasteiger partial charge in [-0.3, -0.25) is 14.6 Å². The van der Waals surface area contributed by atoms with E-state index in [1.165, 1.54) is 0 Å². The summed E-state index contributed by atoms with van der Waals surface area (Å²) in [5, 5.41) is 0.861. The Morgan fingerprint density at radius 2 is 1.93 bits per heavy atom. The van der Waals surface area contributed by atoms with Crippen molar-refractivity contribution in [3.63, 3.8) is 0 Å². The van der Waals surface area contributed by atoms with E-state index in [2.05, 4.69) is 9.97 Å². The SMILES string of the molecule is COc1ccc2cc(CN(C(=O)c3ccccn3)c3cccc(C)c3)c(=O)[nH]c2c1. The predicted octanol–water partition coefficient (Wildman–Crippen LogP) is 4.09. The van der Waals surface area contributed by atoms with Gasteiger partial charge < -0.3 is 14.6 Å². The van der Waals surface area contributed by atoms with Crippen molar-refractivity contribution in [2.45, 2.75) is 13.5 Å². The number of benzene rings is 2. The van der Waals surface area contributed by atoms with Crippen molar-refractivity contribution in [2.24, 2.45) is 0 Å². The number of carbonyl (C=O) groups is 1. The van der Waals surface area contributed by atoms with E-state index in [4.69, 9.17) is 4.74 Å². The molecule has 0 saturated heterocycles. The average molecular weight is 399 g/mol. The summed E-state index contributed by atoms with van der Waals surface area (Å²) in [6, 6.07) is 20.1. The van der Waals surface area contributed by atoms with Crippen LogP contribution in [0.5, 0.6) is 5.75 Å². The number of hydrogen-bond acceptors (Lipinski definition) is 4. The number of rotatable bonds is 5. The van der Waals surface area contributed by atoms with Crippen LogP contribution in [0.2, 0.25) is 0 Å². The minimum absolute atomic E-state index is 0.121. The molecule has 150 valence electrons. The lowest BCUT2D eigenvalue weighted by Crippen LogP contribution is -2.33. The van der Waals surface area contributed by atoms with Gasteiger partial charge in [0.25, 0.3) is 11.5 Å². The Morgan fingerprint density at radius 1 is 1.07 bits per heavy atom. The van der Waals surface area contributed by atoms with Crippen LogP contribution in [0.3, 0.4) is 0 Å². The van der Waals surface area contributed by atoms with Gasteiger partial charge in [-0.25, -0.2) is 0 Å². The summed E-state index contributed by atoms with van der Waals surface area (Å²) >= 11 is 0. The molecule has 2 heterocycles. The van der Waals surface area contributed by atoms with Gasteiger partial charge in [-0.1, -0.05) is 18.2 Å². The van der Waals surface area contributed by atoms with Gasteiger partial charge in [0.2, 0.25) is 0 Å². The number of fused-ring (bicyclic) bond motifs is 1. The van der Waals surface area contributed by atoms with Crippen molar-refractivity contribution in [2.75, 3.05) is 12.0 Å². The zero-order valence-corrected chi connectivity index (χ0v) is 16.8. The van der Waals surface area contributed by atoms with Crippen LogP contribution in [-0.2, 0) is 6.54 Å². The largest absolute Gasteiger partial charge is 0.497 e. The highest BCUT2D eigenvalue weighted by Gasteiger charge is 2.21. The zero-order valence-electron chi connectivity index (χ0n) is 16.8. The Balaban J connectivity index is 1.77. The van der Waals surface area contributed by atoms with Crippen molar-refractivity contribution in [3.05, 3.63) is 100 Å². The summed E-state index contributed by atoms with van der Waals surface area (Å²) < 4.78 is 5.22. The van der Waals surface area contributed by atoms with Crippen LogP contribution in [0.1, 0.15) is 21.6 Å². The molecule has 0 fully saturated rings. The van der Waals surface area contributed by atoms with E-state index in [0.29, 0.717) is 28.2 Å². The van der Waals surface area contributed by atoms with Crippen LogP contribution in [-0.4, -0.2) is 23.0 Å². The highest BCUT2D eigenvalue weighted by molar-refractivity contribution is 6.04. The van der Waals surface area contributed by atoms with Gasteiger partial charge in [0.15, 0.2) is 0 Å². The molecule has 4 aromatic rings. The molecule has 0 radical (unpaired) electrons. The number of methoxy groups -OCH3 is 1. The topological polar surface area (TPSA) is 75.3 Å². The Hall–Kier alpha value is -3.93.